The Kier molecular flexibility index (Phi) is 4.60. The molecule has 0 saturated heterocycles. The fourth-order valence-corrected chi connectivity index (χ4v) is 1.40. The molecule has 0 spiro atoms. The van der Waals surface area contributed by atoms with Crippen LogP contribution in [0.5, 0.6) is 0 Å². The highest BCUT2D eigenvalue weighted by molar-refractivity contribution is 5.94. The Morgan fingerprint density at radius 2 is 2.24 bits per heavy atom. The van der Waals surface area contributed by atoms with Gasteiger partial charge < -0.3 is 5.11 Å². The van der Waals surface area contributed by atoms with E-state index in [1.807, 2.05) is 20.8 Å². The van der Waals surface area contributed by atoms with Gasteiger partial charge in [-0.25, -0.2) is 5.48 Å². The van der Waals surface area contributed by atoms with E-state index < -0.39 is 0 Å². The number of aromatic nitrogens is 1. The average Bonchev–Trinajstić information content (AvgIpc) is 2.28. The molecule has 0 atom stereocenters. The van der Waals surface area contributed by atoms with E-state index in [1.165, 1.54) is 0 Å². The predicted molar refractivity (Wildman–Crippen MR) is 63.4 cm³/mol. The number of hydrogen-bond acceptors (Lipinski definition) is 4. The van der Waals surface area contributed by atoms with Gasteiger partial charge in [0.05, 0.1) is 24.5 Å². The lowest BCUT2D eigenvalue weighted by atomic mass is 9.88. The number of pyridine rings is 1. The summed E-state index contributed by atoms with van der Waals surface area (Å²) in [6, 6.07) is 3.40. The summed E-state index contributed by atoms with van der Waals surface area (Å²) in [5.41, 5.74) is 3.25. The monoisotopic (exact) mass is 238 g/mol. The van der Waals surface area contributed by atoms with Crippen LogP contribution in [0.15, 0.2) is 18.3 Å². The molecule has 1 amide bonds. The Balaban J connectivity index is 2.86. The second-order valence-corrected chi connectivity index (χ2v) is 4.65. The summed E-state index contributed by atoms with van der Waals surface area (Å²) in [7, 11) is 0. The summed E-state index contributed by atoms with van der Waals surface area (Å²) in [5.74, 6) is -0.350. The van der Waals surface area contributed by atoms with Crippen molar-refractivity contribution in [3.8, 4) is 0 Å². The normalized spacial score (nSPS) is 11.3. The molecule has 0 bridgehead atoms. The molecule has 0 aliphatic rings. The van der Waals surface area contributed by atoms with Crippen LogP contribution in [0, 0.1) is 0 Å². The standard InChI is InChI=1S/C12H18N2O3/c1-12(2,3)10-9(5-4-6-13-10)11(16)14-17-8-7-15/h4-6,15H,7-8H2,1-3H3,(H,14,16). The van der Waals surface area contributed by atoms with Crippen molar-refractivity contribution in [1.29, 1.82) is 0 Å². The number of aliphatic hydroxyl groups excluding tert-OH is 1. The minimum atomic E-state index is -0.350. The van der Waals surface area contributed by atoms with Gasteiger partial charge in [-0.2, -0.15) is 0 Å². The number of nitrogens with zero attached hydrogens (tertiary/aromatic N) is 1. The summed E-state index contributed by atoms with van der Waals surface area (Å²) in [4.78, 5) is 20.9. The molecule has 0 unspecified atom stereocenters. The van der Waals surface area contributed by atoms with Gasteiger partial charge in [-0.15, -0.1) is 0 Å². The minimum Gasteiger partial charge on any atom is -0.394 e. The van der Waals surface area contributed by atoms with Crippen LogP contribution in [0.25, 0.3) is 0 Å². The minimum absolute atomic E-state index is 0.0663. The summed E-state index contributed by atoms with van der Waals surface area (Å²) in [6.45, 7) is 5.89. The number of nitrogens with one attached hydrogen (secondary N) is 1. The lowest BCUT2D eigenvalue weighted by Crippen LogP contribution is -2.29. The molecular formula is C12H18N2O3. The third kappa shape index (κ3) is 3.80. The molecule has 0 radical (unpaired) electrons. The average molecular weight is 238 g/mol. The molecular weight excluding hydrogens is 220 g/mol. The highest BCUT2D eigenvalue weighted by atomic mass is 16.7. The topological polar surface area (TPSA) is 71.5 Å². The molecule has 0 saturated carbocycles. The van der Waals surface area contributed by atoms with Crippen molar-refractivity contribution in [2.75, 3.05) is 13.2 Å². The van der Waals surface area contributed by atoms with Gasteiger partial charge in [0.15, 0.2) is 0 Å². The zero-order valence-corrected chi connectivity index (χ0v) is 10.4. The van der Waals surface area contributed by atoms with E-state index in [0.29, 0.717) is 11.3 Å². The lowest BCUT2D eigenvalue weighted by Gasteiger charge is -2.20. The molecule has 0 fully saturated rings. The van der Waals surface area contributed by atoms with Crippen molar-refractivity contribution < 1.29 is 14.7 Å². The van der Waals surface area contributed by atoms with Crippen LogP contribution in [0.1, 0.15) is 36.8 Å². The van der Waals surface area contributed by atoms with E-state index in [4.69, 9.17) is 9.94 Å². The molecule has 5 heteroatoms. The first-order valence-electron chi connectivity index (χ1n) is 5.45. The van der Waals surface area contributed by atoms with Crippen LogP contribution in [0.3, 0.4) is 0 Å². The van der Waals surface area contributed by atoms with Crippen molar-refractivity contribution in [2.45, 2.75) is 26.2 Å². The van der Waals surface area contributed by atoms with Crippen molar-refractivity contribution in [3.05, 3.63) is 29.6 Å². The van der Waals surface area contributed by atoms with Gasteiger partial charge in [0.1, 0.15) is 0 Å². The second-order valence-electron chi connectivity index (χ2n) is 4.65. The number of amides is 1. The van der Waals surface area contributed by atoms with E-state index in [2.05, 4.69) is 10.5 Å². The number of rotatable bonds is 4. The Morgan fingerprint density at radius 1 is 1.53 bits per heavy atom. The van der Waals surface area contributed by atoms with Crippen molar-refractivity contribution >= 4 is 5.91 Å². The van der Waals surface area contributed by atoms with Crippen LogP contribution >= 0.6 is 0 Å². The molecule has 2 N–H and O–H groups in total. The second kappa shape index (κ2) is 5.75. The lowest BCUT2D eigenvalue weighted by molar-refractivity contribution is 0.0166. The number of carbonyl (C=O) groups is 1. The van der Waals surface area contributed by atoms with E-state index >= 15 is 0 Å². The number of aliphatic hydroxyl groups is 1. The maximum Gasteiger partial charge on any atom is 0.276 e. The van der Waals surface area contributed by atoms with Crippen LogP contribution in [-0.4, -0.2) is 29.2 Å². The van der Waals surface area contributed by atoms with Crippen LogP contribution < -0.4 is 5.48 Å². The number of hydroxylamine groups is 1. The fourth-order valence-electron chi connectivity index (χ4n) is 1.40. The van der Waals surface area contributed by atoms with Gasteiger partial charge in [0, 0.05) is 11.6 Å². The first-order chi connectivity index (χ1) is 7.96. The quantitative estimate of drug-likeness (QED) is 0.607. The molecule has 5 nitrogen and oxygen atoms in total. The van der Waals surface area contributed by atoms with E-state index in [1.54, 1.807) is 18.3 Å². The summed E-state index contributed by atoms with van der Waals surface area (Å²) < 4.78 is 0. The van der Waals surface area contributed by atoms with E-state index in [0.717, 1.165) is 0 Å². The Morgan fingerprint density at radius 3 is 2.82 bits per heavy atom. The van der Waals surface area contributed by atoms with Crippen LogP contribution in [0.4, 0.5) is 0 Å². The molecule has 1 aromatic heterocycles. The van der Waals surface area contributed by atoms with Gasteiger partial charge in [0.25, 0.3) is 5.91 Å². The van der Waals surface area contributed by atoms with Gasteiger partial charge >= 0.3 is 0 Å². The third-order valence-corrected chi connectivity index (χ3v) is 2.12. The Bertz CT molecular complexity index is 386. The smallest absolute Gasteiger partial charge is 0.276 e. The highest BCUT2D eigenvalue weighted by Crippen LogP contribution is 2.23. The summed E-state index contributed by atoms with van der Waals surface area (Å²) >= 11 is 0. The fraction of sp³-hybridized carbons (Fsp3) is 0.500. The first kappa shape index (κ1) is 13.6. The molecule has 0 aromatic carbocycles. The van der Waals surface area contributed by atoms with Crippen molar-refractivity contribution in [3.63, 3.8) is 0 Å². The number of hydrogen-bond donors (Lipinski definition) is 2. The van der Waals surface area contributed by atoms with Gasteiger partial charge in [-0.3, -0.25) is 14.6 Å². The van der Waals surface area contributed by atoms with Crippen molar-refractivity contribution in [1.82, 2.24) is 10.5 Å². The predicted octanol–water partition coefficient (Wildman–Crippen LogP) is 1.03. The number of carbonyl (C=O) groups excluding carboxylic acids is 1. The largest absolute Gasteiger partial charge is 0.394 e. The summed E-state index contributed by atoms with van der Waals surface area (Å²) in [5, 5.41) is 8.54. The van der Waals surface area contributed by atoms with Gasteiger partial charge in [0.2, 0.25) is 0 Å². The van der Waals surface area contributed by atoms with E-state index in [9.17, 15) is 4.79 Å². The zero-order chi connectivity index (χ0) is 12.9. The molecule has 17 heavy (non-hydrogen) atoms. The van der Waals surface area contributed by atoms with Gasteiger partial charge in [-0.1, -0.05) is 20.8 Å². The maximum absolute atomic E-state index is 11.8. The maximum atomic E-state index is 11.8. The zero-order valence-electron chi connectivity index (χ0n) is 10.4. The third-order valence-electron chi connectivity index (χ3n) is 2.12. The Hall–Kier alpha value is -1.46. The molecule has 1 heterocycles. The Labute approximate surface area is 101 Å². The van der Waals surface area contributed by atoms with Gasteiger partial charge in [-0.05, 0) is 12.1 Å². The molecule has 1 aromatic rings. The molecule has 1 rings (SSSR count). The molecule has 94 valence electrons. The van der Waals surface area contributed by atoms with Crippen molar-refractivity contribution in [2.24, 2.45) is 0 Å². The molecule has 0 aliphatic heterocycles. The first-order valence-corrected chi connectivity index (χ1v) is 5.45. The van der Waals surface area contributed by atoms with Crippen LogP contribution in [-0.2, 0) is 10.3 Å². The molecule has 0 aliphatic carbocycles. The SMILES string of the molecule is CC(C)(C)c1ncccc1C(=O)NOCCO. The summed E-state index contributed by atoms with van der Waals surface area (Å²) in [6.07, 6.45) is 1.66. The van der Waals surface area contributed by atoms with E-state index in [-0.39, 0.29) is 24.5 Å². The highest BCUT2D eigenvalue weighted by Gasteiger charge is 2.22. The van der Waals surface area contributed by atoms with Crippen LogP contribution in [0.2, 0.25) is 0 Å².